The molecule has 2 aromatic rings. The molecule has 268 valence electrons. The van der Waals surface area contributed by atoms with Gasteiger partial charge in [-0.05, 0) is 76.1 Å². The van der Waals surface area contributed by atoms with Crippen LogP contribution in [0.3, 0.4) is 0 Å². The van der Waals surface area contributed by atoms with Gasteiger partial charge in [0.1, 0.15) is 11.6 Å². The van der Waals surface area contributed by atoms with E-state index < -0.39 is 27.7 Å². The topological polar surface area (TPSA) is 128 Å². The zero-order valence-corrected chi connectivity index (χ0v) is 30.9. The van der Waals surface area contributed by atoms with E-state index in [0.717, 1.165) is 67.6 Å². The number of hydrogen-bond acceptors (Lipinski definition) is 7. The molecule has 11 nitrogen and oxygen atoms in total. The molecule has 3 heterocycles. The maximum atomic E-state index is 14.0. The SMILES string of the molecule is CCCCN1C(=O)[C@@H]([C@H](O)C2CCCCC2)NC(=O)C12CCN(Cc1c(C)nn(-c3ccc(S(=O)(=O)N(CC)CC)cc3)c1C)CC2.Cl. The molecule has 1 aromatic heterocycles. The van der Waals surface area contributed by atoms with Crippen LogP contribution in [-0.4, -0.2) is 99.6 Å². The highest BCUT2D eigenvalue weighted by molar-refractivity contribution is 7.89. The quantitative estimate of drug-likeness (QED) is 0.336. The van der Waals surface area contributed by atoms with Crippen molar-refractivity contribution in [1.29, 1.82) is 0 Å². The molecule has 5 rings (SSSR count). The molecule has 3 fully saturated rings. The van der Waals surface area contributed by atoms with Crippen LogP contribution in [0.25, 0.3) is 5.69 Å². The van der Waals surface area contributed by atoms with Gasteiger partial charge in [-0.2, -0.15) is 9.40 Å². The summed E-state index contributed by atoms with van der Waals surface area (Å²) in [6, 6.07) is 6.01. The third kappa shape index (κ3) is 7.33. The van der Waals surface area contributed by atoms with E-state index in [-0.39, 0.29) is 35.0 Å². The first-order valence-electron chi connectivity index (χ1n) is 17.7. The summed E-state index contributed by atoms with van der Waals surface area (Å²) in [6.45, 7) is 13.1. The molecule has 3 aliphatic rings. The van der Waals surface area contributed by atoms with E-state index in [4.69, 9.17) is 5.10 Å². The lowest BCUT2D eigenvalue weighted by molar-refractivity contribution is -0.166. The van der Waals surface area contributed by atoms with Gasteiger partial charge in [0, 0.05) is 50.5 Å². The lowest BCUT2D eigenvalue weighted by Crippen LogP contribution is -2.75. The molecule has 0 radical (unpaired) electrons. The van der Waals surface area contributed by atoms with Gasteiger partial charge in [-0.15, -0.1) is 12.4 Å². The fourth-order valence-electron chi connectivity index (χ4n) is 7.89. The summed E-state index contributed by atoms with van der Waals surface area (Å²) in [6.07, 6.45) is 7.03. The Morgan fingerprint density at radius 1 is 1.02 bits per heavy atom. The highest BCUT2D eigenvalue weighted by atomic mass is 35.5. The summed E-state index contributed by atoms with van der Waals surface area (Å²) in [4.78, 5) is 32.3. The summed E-state index contributed by atoms with van der Waals surface area (Å²) in [5.74, 6) is -0.208. The molecule has 0 unspecified atom stereocenters. The van der Waals surface area contributed by atoms with E-state index in [0.29, 0.717) is 52.1 Å². The fourth-order valence-corrected chi connectivity index (χ4v) is 9.35. The Balaban J connectivity index is 0.00000520. The number of amides is 2. The van der Waals surface area contributed by atoms with E-state index in [9.17, 15) is 23.1 Å². The molecule has 48 heavy (non-hydrogen) atoms. The Morgan fingerprint density at radius 3 is 2.23 bits per heavy atom. The number of likely N-dealkylation sites (tertiary alicyclic amines) is 1. The first-order valence-corrected chi connectivity index (χ1v) is 19.1. The van der Waals surface area contributed by atoms with Crippen molar-refractivity contribution < 1.29 is 23.1 Å². The number of halogens is 1. The number of aryl methyl sites for hydroxylation is 1. The second kappa shape index (κ2) is 16.0. The van der Waals surface area contributed by atoms with Gasteiger partial charge in [0.15, 0.2) is 0 Å². The Labute approximate surface area is 292 Å². The maximum absolute atomic E-state index is 14.0. The van der Waals surface area contributed by atoms with E-state index in [1.54, 1.807) is 24.3 Å². The second-order valence-corrected chi connectivity index (χ2v) is 15.6. The predicted octanol–water partition coefficient (Wildman–Crippen LogP) is 4.34. The first kappa shape index (κ1) is 38.3. The number of carbonyl (C=O) groups excluding carboxylic acids is 2. The van der Waals surface area contributed by atoms with E-state index in [1.165, 1.54) is 4.31 Å². The average Bonchev–Trinajstić information content (AvgIpc) is 3.36. The number of aromatic nitrogens is 2. The van der Waals surface area contributed by atoms with Crippen molar-refractivity contribution >= 4 is 34.2 Å². The van der Waals surface area contributed by atoms with Gasteiger partial charge < -0.3 is 15.3 Å². The minimum absolute atomic E-state index is 0. The number of piperidine rings is 1. The second-order valence-electron chi connectivity index (χ2n) is 13.6. The number of carbonyl (C=O) groups is 2. The highest BCUT2D eigenvalue weighted by Gasteiger charge is 2.55. The smallest absolute Gasteiger partial charge is 0.248 e. The zero-order valence-electron chi connectivity index (χ0n) is 29.3. The molecule has 1 aliphatic carbocycles. The van der Waals surface area contributed by atoms with E-state index >= 15 is 0 Å². The Morgan fingerprint density at radius 2 is 1.65 bits per heavy atom. The van der Waals surface area contributed by atoms with Crippen molar-refractivity contribution in [3.8, 4) is 5.69 Å². The van der Waals surface area contributed by atoms with Crippen LogP contribution < -0.4 is 5.32 Å². The molecule has 2 N–H and O–H groups in total. The average molecular weight is 707 g/mol. The first-order chi connectivity index (χ1) is 22.5. The number of rotatable bonds is 12. The van der Waals surface area contributed by atoms with Gasteiger partial charge in [-0.3, -0.25) is 14.5 Å². The van der Waals surface area contributed by atoms with Crippen molar-refractivity contribution in [2.24, 2.45) is 5.92 Å². The molecule has 2 aliphatic heterocycles. The predicted molar refractivity (Wildman–Crippen MR) is 189 cm³/mol. The molecule has 2 amide bonds. The summed E-state index contributed by atoms with van der Waals surface area (Å²) in [7, 11) is -3.54. The number of aliphatic hydroxyl groups excluding tert-OH is 1. The molecule has 2 saturated heterocycles. The number of nitrogens with zero attached hydrogens (tertiary/aromatic N) is 5. The van der Waals surface area contributed by atoms with Crippen molar-refractivity contribution in [1.82, 2.24) is 29.2 Å². The Hall–Kier alpha value is -2.51. The number of nitrogens with one attached hydrogen (secondary N) is 1. The normalized spacial score (nSPS) is 21.4. The van der Waals surface area contributed by atoms with E-state index in [2.05, 4.69) is 17.1 Å². The molecule has 1 saturated carbocycles. The number of benzene rings is 1. The standard InChI is InChI=1S/C35H54N6O5S.ClH/c1-6-9-21-40-33(43)31(32(42)27-13-11-10-12-14-27)36-34(44)35(40)19-22-38(23-20-35)24-30-25(4)37-41(26(30)5)28-15-17-29(18-16-28)47(45,46)39(7-2)8-3;/h15-18,27,31-32,42H,6-14,19-24H2,1-5H3,(H,36,44);1H/t31-,32-;/m1./s1. The van der Waals surface area contributed by atoms with Crippen LogP contribution in [-0.2, 0) is 26.2 Å². The van der Waals surface area contributed by atoms with Gasteiger partial charge in [-0.25, -0.2) is 13.1 Å². The minimum atomic E-state index is -3.54. The van der Waals surface area contributed by atoms with Crippen LogP contribution in [0.15, 0.2) is 29.2 Å². The maximum Gasteiger partial charge on any atom is 0.248 e. The van der Waals surface area contributed by atoms with Crippen LogP contribution >= 0.6 is 12.4 Å². The largest absolute Gasteiger partial charge is 0.390 e. The summed E-state index contributed by atoms with van der Waals surface area (Å²) < 4.78 is 29.2. The summed E-state index contributed by atoms with van der Waals surface area (Å²) >= 11 is 0. The minimum Gasteiger partial charge on any atom is -0.390 e. The Kier molecular flexibility index (Phi) is 12.8. The van der Waals surface area contributed by atoms with Gasteiger partial charge in [0.2, 0.25) is 21.8 Å². The summed E-state index contributed by atoms with van der Waals surface area (Å²) in [5, 5.41) is 19.1. The third-order valence-electron chi connectivity index (χ3n) is 10.9. The number of piperazine rings is 1. The van der Waals surface area contributed by atoms with Crippen LogP contribution in [0.2, 0.25) is 0 Å². The lowest BCUT2D eigenvalue weighted by atomic mass is 9.78. The number of hydrogen-bond donors (Lipinski definition) is 2. The zero-order chi connectivity index (χ0) is 33.9. The van der Waals surface area contributed by atoms with Crippen LogP contribution in [0.5, 0.6) is 0 Å². The molecular formula is C35H55ClN6O5S. The van der Waals surface area contributed by atoms with Crippen molar-refractivity contribution in [3.63, 3.8) is 0 Å². The summed E-state index contributed by atoms with van der Waals surface area (Å²) in [5.41, 5.74) is 2.88. The van der Waals surface area contributed by atoms with Gasteiger partial charge in [0.25, 0.3) is 0 Å². The molecule has 0 bridgehead atoms. The molecule has 1 spiro atoms. The molecule has 2 atom stereocenters. The van der Waals surface area contributed by atoms with Gasteiger partial charge in [-0.1, -0.05) is 46.5 Å². The number of unbranched alkanes of at least 4 members (excludes halogenated alkanes) is 1. The molecule has 13 heteroatoms. The van der Waals surface area contributed by atoms with Crippen molar-refractivity contribution in [2.75, 3.05) is 32.7 Å². The lowest BCUT2D eigenvalue weighted by Gasteiger charge is -2.52. The third-order valence-corrected chi connectivity index (χ3v) is 13.0. The van der Waals surface area contributed by atoms with E-state index in [1.807, 2.05) is 37.3 Å². The van der Waals surface area contributed by atoms with Gasteiger partial charge in [0.05, 0.1) is 22.4 Å². The molecular weight excluding hydrogens is 652 g/mol. The number of sulfonamides is 1. The van der Waals surface area contributed by atoms with Crippen molar-refractivity contribution in [2.45, 2.75) is 122 Å². The van der Waals surface area contributed by atoms with Crippen LogP contribution in [0.1, 0.15) is 95.5 Å². The highest BCUT2D eigenvalue weighted by Crippen LogP contribution is 2.37. The van der Waals surface area contributed by atoms with Crippen LogP contribution in [0, 0.1) is 19.8 Å². The monoisotopic (exact) mass is 706 g/mol. The Bertz CT molecular complexity index is 1510. The van der Waals surface area contributed by atoms with Crippen LogP contribution in [0.4, 0.5) is 0 Å². The van der Waals surface area contributed by atoms with Gasteiger partial charge >= 0.3 is 0 Å². The fraction of sp³-hybridized carbons (Fsp3) is 0.686. The molecule has 1 aromatic carbocycles. The number of aliphatic hydroxyl groups is 1. The van der Waals surface area contributed by atoms with Crippen molar-refractivity contribution in [3.05, 3.63) is 41.2 Å².